The van der Waals surface area contributed by atoms with Crippen molar-refractivity contribution < 1.29 is 9.90 Å². The molecular formula is C13H17NO2S. The molecule has 0 saturated carbocycles. The molecule has 0 bridgehead atoms. The van der Waals surface area contributed by atoms with Crippen molar-refractivity contribution in [2.75, 3.05) is 17.7 Å². The van der Waals surface area contributed by atoms with Gasteiger partial charge in [-0.3, -0.25) is 4.79 Å². The second-order valence-electron chi connectivity index (χ2n) is 4.32. The van der Waals surface area contributed by atoms with E-state index in [1.165, 1.54) is 34.5 Å². The molecule has 0 aromatic heterocycles. The van der Waals surface area contributed by atoms with Gasteiger partial charge in [0.2, 0.25) is 0 Å². The van der Waals surface area contributed by atoms with Crippen molar-refractivity contribution in [2.45, 2.75) is 30.8 Å². The molecule has 0 fully saturated rings. The minimum Gasteiger partial charge on any atom is -0.384 e. The highest BCUT2D eigenvalue weighted by Gasteiger charge is 2.18. The molecule has 1 N–H and O–H groups in total. The minimum absolute atomic E-state index is 0.270. The summed E-state index contributed by atoms with van der Waals surface area (Å²) >= 11 is 1.87. The zero-order chi connectivity index (χ0) is 12.4. The number of hydrogen-bond acceptors (Lipinski definition) is 3. The van der Waals surface area contributed by atoms with E-state index >= 15 is 0 Å². The summed E-state index contributed by atoms with van der Waals surface area (Å²) in [7, 11) is 1.70. The summed E-state index contributed by atoms with van der Waals surface area (Å²) in [5, 5.41) is 9.30. The van der Waals surface area contributed by atoms with Gasteiger partial charge in [0.25, 0.3) is 5.91 Å². The van der Waals surface area contributed by atoms with Gasteiger partial charge in [0.05, 0.1) is 0 Å². The van der Waals surface area contributed by atoms with Crippen LogP contribution in [0.15, 0.2) is 23.1 Å². The molecule has 1 amide bonds. The first-order valence-corrected chi connectivity index (χ1v) is 6.79. The zero-order valence-corrected chi connectivity index (χ0v) is 11.0. The molecule has 1 aromatic carbocycles. The molecule has 1 aromatic rings. The number of anilines is 1. The van der Waals surface area contributed by atoms with Crippen LogP contribution in [0.5, 0.6) is 0 Å². The van der Waals surface area contributed by atoms with Crippen molar-refractivity contribution in [3.8, 4) is 0 Å². The molecule has 0 spiro atoms. The number of benzene rings is 1. The fourth-order valence-corrected chi connectivity index (χ4v) is 2.98. The van der Waals surface area contributed by atoms with Gasteiger partial charge in [-0.25, -0.2) is 0 Å². The third-order valence-corrected chi connectivity index (χ3v) is 4.17. The lowest BCUT2D eigenvalue weighted by Crippen LogP contribution is -2.34. The Balaban J connectivity index is 2.24. The van der Waals surface area contributed by atoms with Crippen LogP contribution in [0.3, 0.4) is 0 Å². The number of nitrogens with zero attached hydrogens (tertiary/aromatic N) is 1. The molecule has 1 aliphatic heterocycles. The van der Waals surface area contributed by atoms with Crippen LogP contribution in [0.1, 0.15) is 18.9 Å². The van der Waals surface area contributed by atoms with E-state index in [0.29, 0.717) is 0 Å². The minimum atomic E-state index is -0.953. The van der Waals surface area contributed by atoms with Crippen molar-refractivity contribution >= 4 is 23.4 Å². The van der Waals surface area contributed by atoms with E-state index in [0.717, 1.165) is 12.1 Å². The number of amides is 1. The average Bonchev–Trinajstić information content (AvgIpc) is 2.36. The summed E-state index contributed by atoms with van der Waals surface area (Å²) in [6, 6.07) is 6.07. The summed E-state index contributed by atoms with van der Waals surface area (Å²) in [6.07, 6.45) is 1.31. The summed E-state index contributed by atoms with van der Waals surface area (Å²) in [5.74, 6) is 0.905. The van der Waals surface area contributed by atoms with E-state index in [1.807, 2.05) is 17.8 Å². The molecule has 2 rings (SSSR count). The number of carbonyl (C=O) groups is 1. The van der Waals surface area contributed by atoms with Crippen LogP contribution >= 0.6 is 11.8 Å². The lowest BCUT2D eigenvalue weighted by Gasteiger charge is -2.22. The normalized spacial score (nSPS) is 16.2. The zero-order valence-electron chi connectivity index (χ0n) is 10.1. The highest BCUT2D eigenvalue weighted by atomic mass is 32.2. The van der Waals surface area contributed by atoms with Gasteiger partial charge >= 0.3 is 0 Å². The fraction of sp³-hybridized carbons (Fsp3) is 0.462. The Bertz CT molecular complexity index is 431. The molecule has 0 radical (unpaired) electrons. The molecule has 0 saturated heterocycles. The maximum absolute atomic E-state index is 11.7. The van der Waals surface area contributed by atoms with Crippen molar-refractivity contribution in [1.82, 2.24) is 0 Å². The lowest BCUT2D eigenvalue weighted by molar-refractivity contribution is -0.125. The standard InChI is InChI=1S/C13H17NO2S/c1-9(15)13(16)14(2)11-5-6-12-10(8-11)4-3-7-17-12/h5-6,8-9,15H,3-4,7H2,1-2H3. The molecule has 1 aliphatic rings. The predicted octanol–water partition coefficient (Wildman–Crippen LogP) is 2.07. The number of thioether (sulfide) groups is 1. The molecule has 1 unspecified atom stereocenters. The third-order valence-electron chi connectivity index (χ3n) is 2.97. The molecule has 4 heteroatoms. The van der Waals surface area contributed by atoms with Crippen molar-refractivity contribution in [3.63, 3.8) is 0 Å². The van der Waals surface area contributed by atoms with E-state index in [-0.39, 0.29) is 5.91 Å². The first-order valence-electron chi connectivity index (χ1n) is 5.81. The second-order valence-corrected chi connectivity index (χ2v) is 5.45. The predicted molar refractivity (Wildman–Crippen MR) is 70.6 cm³/mol. The van der Waals surface area contributed by atoms with E-state index in [9.17, 15) is 9.90 Å². The third kappa shape index (κ3) is 2.64. The monoisotopic (exact) mass is 251 g/mol. The van der Waals surface area contributed by atoms with E-state index in [1.54, 1.807) is 7.05 Å². The molecule has 1 heterocycles. The Hall–Kier alpha value is -1.00. The lowest BCUT2D eigenvalue weighted by atomic mass is 10.1. The maximum Gasteiger partial charge on any atom is 0.255 e. The molecule has 3 nitrogen and oxygen atoms in total. The highest BCUT2D eigenvalue weighted by Crippen LogP contribution is 2.32. The molecule has 1 atom stereocenters. The Morgan fingerprint density at radius 2 is 2.29 bits per heavy atom. The van der Waals surface area contributed by atoms with Gasteiger partial charge in [-0.2, -0.15) is 0 Å². The van der Waals surface area contributed by atoms with Gasteiger partial charge in [0, 0.05) is 17.6 Å². The Labute approximate surface area is 106 Å². The second kappa shape index (κ2) is 5.10. The Kier molecular flexibility index (Phi) is 3.74. The fourth-order valence-electron chi connectivity index (χ4n) is 1.96. The smallest absolute Gasteiger partial charge is 0.255 e. The number of likely N-dealkylation sites (N-methyl/N-ethyl adjacent to an activating group) is 1. The van der Waals surface area contributed by atoms with Crippen molar-refractivity contribution in [2.24, 2.45) is 0 Å². The first kappa shape index (κ1) is 12.5. The number of aryl methyl sites for hydroxylation is 1. The first-order chi connectivity index (χ1) is 8.09. The number of carbonyl (C=O) groups excluding carboxylic acids is 1. The topological polar surface area (TPSA) is 40.5 Å². The van der Waals surface area contributed by atoms with Gasteiger partial charge in [-0.1, -0.05) is 0 Å². The largest absolute Gasteiger partial charge is 0.384 e. The van der Waals surface area contributed by atoms with Crippen molar-refractivity contribution in [1.29, 1.82) is 0 Å². The summed E-state index contributed by atoms with van der Waals surface area (Å²) in [6.45, 7) is 1.49. The maximum atomic E-state index is 11.7. The summed E-state index contributed by atoms with van der Waals surface area (Å²) in [5.41, 5.74) is 2.17. The van der Waals surface area contributed by atoms with Crippen LogP contribution in [0.4, 0.5) is 5.69 Å². The summed E-state index contributed by atoms with van der Waals surface area (Å²) < 4.78 is 0. The molecule has 0 aliphatic carbocycles. The van der Waals surface area contributed by atoms with Crippen LogP contribution in [-0.2, 0) is 11.2 Å². The number of aliphatic hydroxyl groups is 1. The van der Waals surface area contributed by atoms with E-state index < -0.39 is 6.10 Å². The quantitative estimate of drug-likeness (QED) is 0.874. The van der Waals surface area contributed by atoms with Crippen LogP contribution in [-0.4, -0.2) is 29.9 Å². The molecule has 92 valence electrons. The van der Waals surface area contributed by atoms with Gasteiger partial charge in [-0.05, 0) is 49.3 Å². The average molecular weight is 251 g/mol. The van der Waals surface area contributed by atoms with E-state index in [4.69, 9.17) is 0 Å². The van der Waals surface area contributed by atoms with Crippen LogP contribution in [0, 0.1) is 0 Å². The highest BCUT2D eigenvalue weighted by molar-refractivity contribution is 7.99. The van der Waals surface area contributed by atoms with Crippen molar-refractivity contribution in [3.05, 3.63) is 23.8 Å². The van der Waals surface area contributed by atoms with Crippen LogP contribution < -0.4 is 4.90 Å². The Morgan fingerprint density at radius 3 is 3.00 bits per heavy atom. The van der Waals surface area contributed by atoms with Crippen LogP contribution in [0.25, 0.3) is 0 Å². The van der Waals surface area contributed by atoms with Gasteiger partial charge in [0.15, 0.2) is 0 Å². The molecular weight excluding hydrogens is 234 g/mol. The van der Waals surface area contributed by atoms with Crippen LogP contribution in [0.2, 0.25) is 0 Å². The van der Waals surface area contributed by atoms with E-state index in [2.05, 4.69) is 12.1 Å². The number of aliphatic hydroxyl groups excluding tert-OH is 1. The number of rotatable bonds is 2. The van der Waals surface area contributed by atoms with Gasteiger partial charge in [0.1, 0.15) is 6.10 Å². The number of hydrogen-bond donors (Lipinski definition) is 1. The summed E-state index contributed by atoms with van der Waals surface area (Å²) in [4.78, 5) is 14.5. The number of fused-ring (bicyclic) bond motifs is 1. The SMILES string of the molecule is CC(O)C(=O)N(C)c1ccc2c(c1)CCCS2. The Morgan fingerprint density at radius 1 is 1.53 bits per heavy atom. The van der Waals surface area contributed by atoms with Gasteiger partial charge in [-0.15, -0.1) is 11.8 Å². The van der Waals surface area contributed by atoms with Gasteiger partial charge < -0.3 is 10.0 Å². The molecule has 17 heavy (non-hydrogen) atoms.